The molecule has 1 amide bonds. The molecule has 0 N–H and O–H groups in total. The molecule has 0 radical (unpaired) electrons. The van der Waals surface area contributed by atoms with Crippen molar-refractivity contribution in [3.63, 3.8) is 0 Å². The van der Waals surface area contributed by atoms with Gasteiger partial charge in [0, 0.05) is 32.2 Å². The third-order valence-corrected chi connectivity index (χ3v) is 6.74. The number of likely N-dealkylation sites (N-methyl/N-ethyl adjacent to an activating group) is 1. The van der Waals surface area contributed by atoms with Crippen LogP contribution in [0.2, 0.25) is 0 Å². The molecule has 3 heterocycles. The maximum Gasteiger partial charge on any atom is 0.237 e. The minimum atomic E-state index is 0.117. The molecule has 3 aliphatic rings. The summed E-state index contributed by atoms with van der Waals surface area (Å²) in [5.41, 5.74) is 2.43. The molecule has 2 unspecified atom stereocenters. The van der Waals surface area contributed by atoms with Gasteiger partial charge in [0.15, 0.2) is 11.5 Å². The number of ether oxygens (including phenoxy) is 2. The lowest BCUT2D eigenvalue weighted by molar-refractivity contribution is -0.134. The van der Waals surface area contributed by atoms with Crippen molar-refractivity contribution in [3.8, 4) is 11.5 Å². The Bertz CT molecular complexity index is 919. The van der Waals surface area contributed by atoms with E-state index in [4.69, 9.17) is 9.47 Å². The van der Waals surface area contributed by atoms with Gasteiger partial charge in [-0.3, -0.25) is 9.69 Å². The van der Waals surface area contributed by atoms with E-state index in [2.05, 4.69) is 58.1 Å². The second-order valence-electron chi connectivity index (χ2n) is 8.81. The summed E-state index contributed by atoms with van der Waals surface area (Å²) in [7, 11) is 2.16. The maximum absolute atomic E-state index is 13.5. The lowest BCUT2D eigenvalue weighted by atomic mass is 10.0. The Labute approximate surface area is 184 Å². The minimum Gasteiger partial charge on any atom is -0.486 e. The van der Waals surface area contributed by atoms with Crippen LogP contribution in [0.15, 0.2) is 48.5 Å². The Morgan fingerprint density at radius 1 is 0.935 bits per heavy atom. The minimum absolute atomic E-state index is 0.117. The van der Waals surface area contributed by atoms with Crippen molar-refractivity contribution in [2.24, 2.45) is 0 Å². The third kappa shape index (κ3) is 4.27. The van der Waals surface area contributed by atoms with E-state index >= 15 is 0 Å². The van der Waals surface area contributed by atoms with Crippen LogP contribution < -0.4 is 9.47 Å². The summed E-state index contributed by atoms with van der Waals surface area (Å²) in [6, 6.07) is 17.1. The first-order chi connectivity index (χ1) is 15.2. The van der Waals surface area contributed by atoms with Crippen LogP contribution in [-0.4, -0.2) is 73.6 Å². The van der Waals surface area contributed by atoms with Gasteiger partial charge in [-0.25, -0.2) is 0 Å². The van der Waals surface area contributed by atoms with Crippen molar-refractivity contribution in [1.29, 1.82) is 0 Å². The highest BCUT2D eigenvalue weighted by molar-refractivity contribution is 5.79. The van der Waals surface area contributed by atoms with E-state index in [9.17, 15) is 4.79 Å². The monoisotopic (exact) mass is 421 g/mol. The second kappa shape index (κ2) is 8.89. The van der Waals surface area contributed by atoms with Gasteiger partial charge in [0.2, 0.25) is 5.91 Å². The lowest BCUT2D eigenvalue weighted by Crippen LogP contribution is -2.50. The van der Waals surface area contributed by atoms with Gasteiger partial charge in [0.05, 0.1) is 12.6 Å². The van der Waals surface area contributed by atoms with Gasteiger partial charge in [-0.05, 0) is 43.1 Å². The number of likely N-dealkylation sites (tertiary alicyclic amines) is 1. The molecule has 6 heteroatoms. The first-order valence-electron chi connectivity index (χ1n) is 11.4. The SMILES string of the molecule is CN1CCN(CC(=O)N2CCCC2c2ccc3c(c2)OCCO3)C(c2ccccc2)C1. The summed E-state index contributed by atoms with van der Waals surface area (Å²) in [6.07, 6.45) is 2.03. The number of fused-ring (bicyclic) bond motifs is 1. The van der Waals surface area contributed by atoms with Gasteiger partial charge in [0.1, 0.15) is 13.2 Å². The van der Waals surface area contributed by atoms with Gasteiger partial charge in [-0.2, -0.15) is 0 Å². The molecule has 2 aromatic rings. The number of amides is 1. The average molecular weight is 422 g/mol. The predicted octanol–water partition coefficient (Wildman–Crippen LogP) is 3.11. The zero-order valence-corrected chi connectivity index (χ0v) is 18.2. The van der Waals surface area contributed by atoms with E-state index in [0.717, 1.165) is 56.1 Å². The molecular formula is C25H31N3O3. The van der Waals surface area contributed by atoms with Gasteiger partial charge in [-0.15, -0.1) is 0 Å². The molecule has 2 saturated heterocycles. The highest BCUT2D eigenvalue weighted by Crippen LogP contribution is 2.38. The molecule has 5 rings (SSSR count). The van der Waals surface area contributed by atoms with Crippen LogP contribution >= 0.6 is 0 Å². The van der Waals surface area contributed by atoms with Crippen LogP contribution in [0.25, 0.3) is 0 Å². The van der Waals surface area contributed by atoms with E-state index in [0.29, 0.717) is 19.8 Å². The maximum atomic E-state index is 13.5. The van der Waals surface area contributed by atoms with E-state index in [-0.39, 0.29) is 18.0 Å². The Morgan fingerprint density at radius 2 is 1.74 bits per heavy atom. The molecule has 3 aliphatic heterocycles. The van der Waals surface area contributed by atoms with Crippen LogP contribution in [-0.2, 0) is 4.79 Å². The molecule has 0 aliphatic carbocycles. The van der Waals surface area contributed by atoms with Gasteiger partial charge in [-0.1, -0.05) is 36.4 Å². The number of carbonyl (C=O) groups excluding carboxylic acids is 1. The Kier molecular flexibility index (Phi) is 5.83. The lowest BCUT2D eigenvalue weighted by Gasteiger charge is -2.41. The van der Waals surface area contributed by atoms with Crippen molar-refractivity contribution >= 4 is 5.91 Å². The molecular weight excluding hydrogens is 390 g/mol. The van der Waals surface area contributed by atoms with Crippen LogP contribution in [0.4, 0.5) is 0 Å². The molecule has 2 fully saturated rings. The van der Waals surface area contributed by atoms with Crippen LogP contribution in [0, 0.1) is 0 Å². The normalized spacial score (nSPS) is 24.4. The fourth-order valence-corrected chi connectivity index (χ4v) is 5.08. The predicted molar refractivity (Wildman–Crippen MR) is 119 cm³/mol. The number of nitrogens with zero attached hydrogens (tertiary/aromatic N) is 3. The van der Waals surface area contributed by atoms with Gasteiger partial charge < -0.3 is 19.3 Å². The molecule has 0 aromatic heterocycles. The summed E-state index contributed by atoms with van der Waals surface area (Å²) in [4.78, 5) is 20.2. The first kappa shape index (κ1) is 20.3. The summed E-state index contributed by atoms with van der Waals surface area (Å²) < 4.78 is 11.4. The molecule has 164 valence electrons. The van der Waals surface area contributed by atoms with E-state index < -0.39 is 0 Å². The van der Waals surface area contributed by atoms with Gasteiger partial charge in [0.25, 0.3) is 0 Å². The van der Waals surface area contributed by atoms with E-state index in [1.165, 1.54) is 5.56 Å². The largest absolute Gasteiger partial charge is 0.486 e. The molecule has 0 bridgehead atoms. The number of hydrogen-bond acceptors (Lipinski definition) is 5. The zero-order chi connectivity index (χ0) is 21.2. The second-order valence-corrected chi connectivity index (χ2v) is 8.81. The molecule has 31 heavy (non-hydrogen) atoms. The van der Waals surface area contributed by atoms with Crippen LogP contribution in [0.3, 0.4) is 0 Å². The van der Waals surface area contributed by atoms with Crippen molar-refractivity contribution in [2.75, 3.05) is 53.0 Å². The number of hydrogen-bond donors (Lipinski definition) is 0. The summed E-state index contributed by atoms with van der Waals surface area (Å²) in [5, 5.41) is 0. The fraction of sp³-hybridized carbons (Fsp3) is 0.480. The van der Waals surface area contributed by atoms with Crippen molar-refractivity contribution in [2.45, 2.75) is 24.9 Å². The first-order valence-corrected chi connectivity index (χ1v) is 11.4. The number of benzene rings is 2. The Hall–Kier alpha value is -2.57. The number of piperazine rings is 1. The van der Waals surface area contributed by atoms with E-state index in [1.54, 1.807) is 0 Å². The third-order valence-electron chi connectivity index (χ3n) is 6.74. The Morgan fingerprint density at radius 3 is 2.58 bits per heavy atom. The van der Waals surface area contributed by atoms with Gasteiger partial charge >= 0.3 is 0 Å². The Balaban J connectivity index is 1.32. The summed E-state index contributed by atoms with van der Waals surface area (Å²) >= 11 is 0. The van der Waals surface area contributed by atoms with Crippen LogP contribution in [0.1, 0.15) is 36.1 Å². The summed E-state index contributed by atoms with van der Waals surface area (Å²) in [5.74, 6) is 1.82. The molecule has 0 saturated carbocycles. The van der Waals surface area contributed by atoms with Crippen molar-refractivity contribution in [3.05, 3.63) is 59.7 Å². The highest BCUT2D eigenvalue weighted by atomic mass is 16.6. The van der Waals surface area contributed by atoms with Crippen molar-refractivity contribution in [1.82, 2.24) is 14.7 Å². The number of carbonyl (C=O) groups is 1. The highest BCUT2D eigenvalue weighted by Gasteiger charge is 2.34. The fourth-order valence-electron chi connectivity index (χ4n) is 5.08. The number of rotatable bonds is 4. The topological polar surface area (TPSA) is 45.2 Å². The standard InChI is InChI=1S/C25H31N3O3/c1-26-12-13-27(22(17-26)19-6-3-2-4-7-19)18-25(29)28-11-5-8-21(28)20-9-10-23-24(16-20)31-15-14-30-23/h2-4,6-7,9-10,16,21-22H,5,8,11-15,17-18H2,1H3. The van der Waals surface area contributed by atoms with Crippen LogP contribution in [0.5, 0.6) is 11.5 Å². The zero-order valence-electron chi connectivity index (χ0n) is 18.2. The smallest absolute Gasteiger partial charge is 0.237 e. The van der Waals surface area contributed by atoms with E-state index in [1.807, 2.05) is 12.1 Å². The molecule has 6 nitrogen and oxygen atoms in total. The summed E-state index contributed by atoms with van der Waals surface area (Å²) in [6.45, 7) is 5.30. The molecule has 0 spiro atoms. The molecule has 2 aromatic carbocycles. The van der Waals surface area contributed by atoms with Crippen molar-refractivity contribution < 1.29 is 14.3 Å². The average Bonchev–Trinajstić information content (AvgIpc) is 3.31. The quantitative estimate of drug-likeness (QED) is 0.759. The molecule has 2 atom stereocenters.